The fourth-order valence-electron chi connectivity index (χ4n) is 2.78. The smallest absolute Gasteiger partial charge is 0.121 e. The standard InChI is InChI=1S/C15H24N2O/c1-11-4-6-12(7-5-11)17(2)15-10-13(18-3)8-9-14(15)16/h8-12H,4-7,16H2,1-3H3. The molecular formula is C15H24N2O. The van der Waals surface area contributed by atoms with E-state index < -0.39 is 0 Å². The normalized spacial score (nSPS) is 23.7. The maximum Gasteiger partial charge on any atom is 0.121 e. The molecule has 100 valence electrons. The predicted molar refractivity (Wildman–Crippen MR) is 77.2 cm³/mol. The van der Waals surface area contributed by atoms with Gasteiger partial charge >= 0.3 is 0 Å². The molecule has 2 rings (SSSR count). The topological polar surface area (TPSA) is 38.5 Å². The predicted octanol–water partition coefficient (Wildman–Crippen LogP) is 3.29. The average molecular weight is 248 g/mol. The molecule has 18 heavy (non-hydrogen) atoms. The molecule has 3 nitrogen and oxygen atoms in total. The maximum atomic E-state index is 6.08. The van der Waals surface area contributed by atoms with Gasteiger partial charge in [0.1, 0.15) is 5.75 Å². The third-order valence-electron chi connectivity index (χ3n) is 4.15. The van der Waals surface area contributed by atoms with Crippen molar-refractivity contribution in [1.29, 1.82) is 0 Å². The molecule has 0 bridgehead atoms. The zero-order valence-electron chi connectivity index (χ0n) is 11.6. The molecule has 1 aromatic rings. The fourth-order valence-corrected chi connectivity index (χ4v) is 2.78. The van der Waals surface area contributed by atoms with Crippen molar-refractivity contribution in [2.45, 2.75) is 38.6 Å². The van der Waals surface area contributed by atoms with Crippen molar-refractivity contribution >= 4 is 11.4 Å². The third-order valence-corrected chi connectivity index (χ3v) is 4.15. The van der Waals surface area contributed by atoms with Gasteiger partial charge in [-0.15, -0.1) is 0 Å². The van der Waals surface area contributed by atoms with Gasteiger partial charge in [-0.25, -0.2) is 0 Å². The van der Waals surface area contributed by atoms with E-state index in [2.05, 4.69) is 18.9 Å². The highest BCUT2D eigenvalue weighted by molar-refractivity contribution is 5.69. The molecule has 0 atom stereocenters. The molecule has 3 heteroatoms. The molecule has 0 aliphatic heterocycles. The second-order valence-electron chi connectivity index (χ2n) is 5.45. The molecule has 1 saturated carbocycles. The Kier molecular flexibility index (Phi) is 4.00. The molecule has 2 N–H and O–H groups in total. The first-order chi connectivity index (χ1) is 8.61. The molecular weight excluding hydrogens is 224 g/mol. The van der Waals surface area contributed by atoms with Crippen molar-refractivity contribution in [2.75, 3.05) is 24.8 Å². The number of hydrogen-bond acceptors (Lipinski definition) is 3. The van der Waals surface area contributed by atoms with Crippen molar-refractivity contribution in [3.05, 3.63) is 18.2 Å². The third kappa shape index (κ3) is 2.71. The van der Waals surface area contributed by atoms with E-state index in [1.165, 1.54) is 25.7 Å². The summed E-state index contributed by atoms with van der Waals surface area (Å²) in [6.45, 7) is 2.34. The highest BCUT2D eigenvalue weighted by Gasteiger charge is 2.23. The van der Waals surface area contributed by atoms with Gasteiger partial charge in [0.25, 0.3) is 0 Å². The van der Waals surface area contributed by atoms with Crippen LogP contribution in [0.15, 0.2) is 18.2 Å². The molecule has 1 fully saturated rings. The summed E-state index contributed by atoms with van der Waals surface area (Å²) >= 11 is 0. The first-order valence-electron chi connectivity index (χ1n) is 6.78. The van der Waals surface area contributed by atoms with Gasteiger partial charge < -0.3 is 15.4 Å². The van der Waals surface area contributed by atoms with Crippen molar-refractivity contribution < 1.29 is 4.74 Å². The number of nitrogens with two attached hydrogens (primary N) is 1. The van der Waals surface area contributed by atoms with Crippen molar-refractivity contribution in [1.82, 2.24) is 0 Å². The van der Waals surface area contributed by atoms with Crippen molar-refractivity contribution in [2.24, 2.45) is 5.92 Å². The lowest BCUT2D eigenvalue weighted by molar-refractivity contribution is 0.340. The molecule has 1 aliphatic carbocycles. The van der Waals surface area contributed by atoms with Crippen LogP contribution < -0.4 is 15.4 Å². The van der Waals surface area contributed by atoms with Crippen LogP contribution in [0.25, 0.3) is 0 Å². The largest absolute Gasteiger partial charge is 0.497 e. The molecule has 0 radical (unpaired) electrons. The van der Waals surface area contributed by atoms with E-state index in [0.29, 0.717) is 6.04 Å². The van der Waals surface area contributed by atoms with Crippen LogP contribution >= 0.6 is 0 Å². The van der Waals surface area contributed by atoms with E-state index in [4.69, 9.17) is 10.5 Å². The molecule has 0 saturated heterocycles. The van der Waals surface area contributed by atoms with Gasteiger partial charge in [0, 0.05) is 19.2 Å². The van der Waals surface area contributed by atoms with E-state index in [9.17, 15) is 0 Å². The number of ether oxygens (including phenoxy) is 1. The summed E-state index contributed by atoms with van der Waals surface area (Å²) in [4.78, 5) is 2.32. The number of benzene rings is 1. The summed E-state index contributed by atoms with van der Waals surface area (Å²) in [5.41, 5.74) is 8.00. The zero-order chi connectivity index (χ0) is 13.1. The Balaban J connectivity index is 2.14. The molecule has 1 aliphatic rings. The van der Waals surface area contributed by atoms with Crippen LogP contribution in [-0.2, 0) is 0 Å². The number of rotatable bonds is 3. The monoisotopic (exact) mass is 248 g/mol. The van der Waals surface area contributed by atoms with Gasteiger partial charge in [-0.3, -0.25) is 0 Å². The van der Waals surface area contributed by atoms with Gasteiger partial charge in [-0.1, -0.05) is 6.92 Å². The maximum absolute atomic E-state index is 6.08. The zero-order valence-corrected chi connectivity index (χ0v) is 11.6. The molecule has 0 amide bonds. The lowest BCUT2D eigenvalue weighted by Gasteiger charge is -2.35. The van der Waals surface area contributed by atoms with E-state index in [1.807, 2.05) is 18.2 Å². The SMILES string of the molecule is COc1ccc(N)c(N(C)C2CCC(C)CC2)c1. The summed E-state index contributed by atoms with van der Waals surface area (Å²) < 4.78 is 5.28. The van der Waals surface area contributed by atoms with Crippen molar-refractivity contribution in [3.63, 3.8) is 0 Å². The highest BCUT2D eigenvalue weighted by atomic mass is 16.5. The Morgan fingerprint density at radius 1 is 1.22 bits per heavy atom. The summed E-state index contributed by atoms with van der Waals surface area (Å²) in [5, 5.41) is 0. The van der Waals surface area contributed by atoms with Gasteiger partial charge in [-0.05, 0) is 43.7 Å². The number of hydrogen-bond donors (Lipinski definition) is 1. The van der Waals surface area contributed by atoms with E-state index >= 15 is 0 Å². The molecule has 0 aromatic heterocycles. The minimum atomic E-state index is 0.607. The summed E-state index contributed by atoms with van der Waals surface area (Å²) in [6, 6.07) is 6.48. The first kappa shape index (κ1) is 13.1. The Hall–Kier alpha value is -1.38. The number of nitrogens with zero attached hydrogens (tertiary/aromatic N) is 1. The lowest BCUT2D eigenvalue weighted by Crippen LogP contribution is -2.35. The van der Waals surface area contributed by atoms with Crippen LogP contribution in [0.2, 0.25) is 0 Å². The van der Waals surface area contributed by atoms with Gasteiger partial charge in [0.2, 0.25) is 0 Å². The summed E-state index contributed by atoms with van der Waals surface area (Å²) in [5.74, 6) is 1.74. The molecule has 0 heterocycles. The summed E-state index contributed by atoms with van der Waals surface area (Å²) in [7, 11) is 3.84. The van der Waals surface area contributed by atoms with Crippen LogP contribution in [0.5, 0.6) is 5.75 Å². The Labute approximate surface area is 110 Å². The second-order valence-corrected chi connectivity index (χ2v) is 5.45. The van der Waals surface area contributed by atoms with E-state index in [0.717, 1.165) is 23.0 Å². The lowest BCUT2D eigenvalue weighted by atomic mass is 9.86. The van der Waals surface area contributed by atoms with Crippen LogP contribution in [0, 0.1) is 5.92 Å². The van der Waals surface area contributed by atoms with E-state index in [-0.39, 0.29) is 0 Å². The van der Waals surface area contributed by atoms with Gasteiger partial charge in [-0.2, -0.15) is 0 Å². The van der Waals surface area contributed by atoms with Crippen molar-refractivity contribution in [3.8, 4) is 5.75 Å². The number of methoxy groups -OCH3 is 1. The second kappa shape index (κ2) is 5.51. The quantitative estimate of drug-likeness (QED) is 0.834. The molecule has 1 aromatic carbocycles. The van der Waals surface area contributed by atoms with Gasteiger partial charge in [0.15, 0.2) is 0 Å². The Morgan fingerprint density at radius 2 is 1.89 bits per heavy atom. The van der Waals surface area contributed by atoms with Crippen LogP contribution in [-0.4, -0.2) is 20.2 Å². The Morgan fingerprint density at radius 3 is 2.50 bits per heavy atom. The number of anilines is 2. The average Bonchev–Trinajstić information content (AvgIpc) is 2.39. The Bertz CT molecular complexity index is 397. The molecule has 0 spiro atoms. The fraction of sp³-hybridized carbons (Fsp3) is 0.600. The van der Waals surface area contributed by atoms with E-state index in [1.54, 1.807) is 7.11 Å². The van der Waals surface area contributed by atoms with Crippen LogP contribution in [0.3, 0.4) is 0 Å². The highest BCUT2D eigenvalue weighted by Crippen LogP contribution is 2.33. The van der Waals surface area contributed by atoms with Crippen LogP contribution in [0.1, 0.15) is 32.6 Å². The summed E-state index contributed by atoms with van der Waals surface area (Å²) in [6.07, 6.45) is 5.15. The number of nitrogen functional groups attached to an aromatic ring is 1. The minimum absolute atomic E-state index is 0.607. The van der Waals surface area contributed by atoms with Crippen LogP contribution in [0.4, 0.5) is 11.4 Å². The first-order valence-corrected chi connectivity index (χ1v) is 6.78. The van der Waals surface area contributed by atoms with Gasteiger partial charge in [0.05, 0.1) is 18.5 Å². The minimum Gasteiger partial charge on any atom is -0.497 e. The molecule has 0 unspecified atom stereocenters.